The zero-order valence-electron chi connectivity index (χ0n) is 15.5. The second kappa shape index (κ2) is 7.59. The predicted molar refractivity (Wildman–Crippen MR) is 108 cm³/mol. The van der Waals surface area contributed by atoms with Crippen molar-refractivity contribution in [3.05, 3.63) is 71.3 Å². The van der Waals surface area contributed by atoms with Crippen molar-refractivity contribution in [2.75, 3.05) is 6.54 Å². The maximum Gasteiger partial charge on any atom is 0.287 e. The fourth-order valence-electron chi connectivity index (χ4n) is 2.84. The zero-order valence-corrected chi connectivity index (χ0v) is 16.3. The third kappa shape index (κ3) is 3.71. The van der Waals surface area contributed by atoms with Crippen LogP contribution in [0.15, 0.2) is 63.4 Å². The standard InChI is InChI=1S/C21H19FN4OS/c1-12(2)11-23-20(27)18-25-19-21(26-18)28-16-6-4-3-5-15(16)17(24-19)13-7-9-14(22)10-8-13/h3-10,12H,11H2,1-2H3,(H,23,27)(H,25,26). The lowest BCUT2D eigenvalue weighted by Crippen LogP contribution is -2.28. The van der Waals surface area contributed by atoms with E-state index in [2.05, 4.69) is 15.3 Å². The van der Waals surface area contributed by atoms with Crippen molar-refractivity contribution in [3.63, 3.8) is 0 Å². The molecule has 2 aromatic carbocycles. The van der Waals surface area contributed by atoms with Crippen molar-refractivity contribution in [1.29, 1.82) is 0 Å². The van der Waals surface area contributed by atoms with Gasteiger partial charge in [-0.3, -0.25) is 4.79 Å². The maximum absolute atomic E-state index is 13.4. The summed E-state index contributed by atoms with van der Waals surface area (Å²) in [6.45, 7) is 4.64. The van der Waals surface area contributed by atoms with Crippen molar-refractivity contribution in [2.24, 2.45) is 10.9 Å². The van der Waals surface area contributed by atoms with Crippen LogP contribution in [0, 0.1) is 11.7 Å². The lowest BCUT2D eigenvalue weighted by Gasteiger charge is -2.09. The summed E-state index contributed by atoms with van der Waals surface area (Å²) < 4.78 is 13.4. The molecule has 0 spiro atoms. The Morgan fingerprint density at radius 3 is 2.68 bits per heavy atom. The van der Waals surface area contributed by atoms with Crippen LogP contribution >= 0.6 is 11.8 Å². The molecule has 142 valence electrons. The van der Waals surface area contributed by atoms with Gasteiger partial charge in [0.05, 0.1) is 5.71 Å². The Hall–Kier alpha value is -2.93. The Balaban J connectivity index is 1.77. The summed E-state index contributed by atoms with van der Waals surface area (Å²) in [5.74, 6) is 0.482. The number of benzene rings is 2. The molecule has 0 saturated heterocycles. The van der Waals surface area contributed by atoms with Gasteiger partial charge in [-0.1, -0.05) is 43.8 Å². The van der Waals surface area contributed by atoms with Crippen molar-refractivity contribution in [3.8, 4) is 0 Å². The van der Waals surface area contributed by atoms with E-state index in [1.807, 2.05) is 38.1 Å². The lowest BCUT2D eigenvalue weighted by molar-refractivity contribution is 0.0939. The molecule has 5 nitrogen and oxygen atoms in total. The van der Waals surface area contributed by atoms with Gasteiger partial charge in [-0.25, -0.2) is 14.4 Å². The lowest BCUT2D eigenvalue weighted by atomic mass is 10.0. The number of hydrogen-bond donors (Lipinski definition) is 2. The highest BCUT2D eigenvalue weighted by Crippen LogP contribution is 2.39. The molecule has 3 aromatic rings. The highest BCUT2D eigenvalue weighted by Gasteiger charge is 2.23. The van der Waals surface area contributed by atoms with Gasteiger partial charge in [0, 0.05) is 22.6 Å². The summed E-state index contributed by atoms with van der Waals surface area (Å²) in [6, 6.07) is 14.1. The van der Waals surface area contributed by atoms with Crippen molar-refractivity contribution >= 4 is 29.2 Å². The fraction of sp³-hybridized carbons (Fsp3) is 0.190. The minimum absolute atomic E-state index is 0.236. The number of carbonyl (C=O) groups is 1. The molecule has 2 heterocycles. The number of nitrogens with zero attached hydrogens (tertiary/aromatic N) is 2. The molecule has 1 amide bonds. The van der Waals surface area contributed by atoms with Crippen LogP contribution in [0.1, 0.15) is 35.6 Å². The van der Waals surface area contributed by atoms with Gasteiger partial charge >= 0.3 is 0 Å². The van der Waals surface area contributed by atoms with Gasteiger partial charge in [-0.15, -0.1) is 0 Å². The monoisotopic (exact) mass is 394 g/mol. The highest BCUT2D eigenvalue weighted by molar-refractivity contribution is 7.99. The summed E-state index contributed by atoms with van der Waals surface area (Å²) in [5, 5.41) is 3.57. The first-order chi connectivity index (χ1) is 13.5. The molecule has 0 radical (unpaired) electrons. The summed E-state index contributed by atoms with van der Waals surface area (Å²) >= 11 is 1.48. The van der Waals surface area contributed by atoms with Crippen LogP contribution in [0.4, 0.5) is 10.2 Å². The number of aromatic nitrogens is 2. The second-order valence-corrected chi connectivity index (χ2v) is 7.96. The molecular weight excluding hydrogens is 375 g/mol. The number of H-pyrrole nitrogens is 1. The maximum atomic E-state index is 13.4. The summed E-state index contributed by atoms with van der Waals surface area (Å²) in [5.41, 5.74) is 2.43. The summed E-state index contributed by atoms with van der Waals surface area (Å²) in [6.07, 6.45) is 0. The molecule has 28 heavy (non-hydrogen) atoms. The van der Waals surface area contributed by atoms with E-state index in [0.29, 0.717) is 29.0 Å². The third-order valence-electron chi connectivity index (χ3n) is 4.23. The minimum atomic E-state index is -0.301. The van der Waals surface area contributed by atoms with Crippen LogP contribution in [-0.4, -0.2) is 28.1 Å². The average molecular weight is 394 g/mol. The molecule has 1 aliphatic rings. The molecule has 1 aliphatic heterocycles. The Morgan fingerprint density at radius 1 is 1.18 bits per heavy atom. The number of rotatable bonds is 4. The van der Waals surface area contributed by atoms with E-state index in [-0.39, 0.29) is 17.5 Å². The summed E-state index contributed by atoms with van der Waals surface area (Å²) in [4.78, 5) is 25.6. The third-order valence-corrected chi connectivity index (χ3v) is 5.29. The summed E-state index contributed by atoms with van der Waals surface area (Å²) in [7, 11) is 0. The van der Waals surface area contributed by atoms with E-state index in [9.17, 15) is 9.18 Å². The molecule has 7 heteroatoms. The van der Waals surface area contributed by atoms with Gasteiger partial charge in [0.2, 0.25) is 0 Å². The Labute approximate surface area is 166 Å². The number of fused-ring (bicyclic) bond motifs is 2. The Morgan fingerprint density at radius 2 is 1.93 bits per heavy atom. The average Bonchev–Trinajstić information content (AvgIpc) is 3.01. The molecule has 0 aliphatic carbocycles. The van der Waals surface area contributed by atoms with E-state index < -0.39 is 0 Å². The normalized spacial score (nSPS) is 12.8. The van der Waals surface area contributed by atoms with Gasteiger partial charge in [-0.2, -0.15) is 0 Å². The number of aliphatic imine (C=N–C) groups is 1. The smallest absolute Gasteiger partial charge is 0.287 e. The van der Waals surface area contributed by atoms with Crippen LogP contribution in [-0.2, 0) is 0 Å². The van der Waals surface area contributed by atoms with E-state index >= 15 is 0 Å². The predicted octanol–water partition coefficient (Wildman–Crippen LogP) is 4.57. The van der Waals surface area contributed by atoms with Crippen LogP contribution in [0.25, 0.3) is 0 Å². The number of hydrogen-bond acceptors (Lipinski definition) is 4. The number of carbonyl (C=O) groups excluding carboxylic acids is 1. The molecule has 0 unspecified atom stereocenters. The van der Waals surface area contributed by atoms with Gasteiger partial charge in [0.1, 0.15) is 10.8 Å². The van der Waals surface area contributed by atoms with Crippen LogP contribution in [0.5, 0.6) is 0 Å². The van der Waals surface area contributed by atoms with Crippen LogP contribution in [0.3, 0.4) is 0 Å². The fourth-order valence-corrected chi connectivity index (χ4v) is 3.81. The van der Waals surface area contributed by atoms with Gasteiger partial charge < -0.3 is 10.3 Å². The van der Waals surface area contributed by atoms with E-state index in [4.69, 9.17) is 4.99 Å². The van der Waals surface area contributed by atoms with Crippen molar-refractivity contribution < 1.29 is 9.18 Å². The van der Waals surface area contributed by atoms with Crippen LogP contribution < -0.4 is 5.32 Å². The molecule has 0 atom stereocenters. The minimum Gasteiger partial charge on any atom is -0.349 e. The number of amides is 1. The Kier molecular flexibility index (Phi) is 5.00. The number of nitrogens with one attached hydrogen (secondary N) is 2. The van der Waals surface area contributed by atoms with E-state index in [1.165, 1.54) is 23.9 Å². The zero-order chi connectivity index (χ0) is 19.7. The van der Waals surface area contributed by atoms with Gasteiger partial charge in [0.25, 0.3) is 5.91 Å². The highest BCUT2D eigenvalue weighted by atomic mass is 32.2. The second-order valence-electron chi connectivity index (χ2n) is 6.91. The van der Waals surface area contributed by atoms with Crippen LogP contribution in [0.2, 0.25) is 0 Å². The molecule has 1 aromatic heterocycles. The molecule has 0 saturated carbocycles. The number of halogens is 1. The molecule has 2 N–H and O–H groups in total. The first-order valence-electron chi connectivity index (χ1n) is 9.01. The molecule has 0 fully saturated rings. The molecule has 0 bridgehead atoms. The van der Waals surface area contributed by atoms with E-state index in [1.54, 1.807) is 12.1 Å². The van der Waals surface area contributed by atoms with E-state index in [0.717, 1.165) is 16.0 Å². The SMILES string of the molecule is CC(C)CNC(=O)c1nc2c([nH]1)Sc1ccccc1C(c1ccc(F)cc1)=N2. The first kappa shape index (κ1) is 18.4. The van der Waals surface area contributed by atoms with Crippen molar-refractivity contribution in [2.45, 2.75) is 23.8 Å². The topological polar surface area (TPSA) is 70.1 Å². The quantitative estimate of drug-likeness (QED) is 0.533. The van der Waals surface area contributed by atoms with Gasteiger partial charge in [0.15, 0.2) is 11.6 Å². The molecule has 4 rings (SSSR count). The van der Waals surface area contributed by atoms with Gasteiger partial charge in [-0.05, 0) is 36.2 Å². The molecular formula is C21H19FN4OS. The first-order valence-corrected chi connectivity index (χ1v) is 9.83. The largest absolute Gasteiger partial charge is 0.349 e. The van der Waals surface area contributed by atoms with Crippen molar-refractivity contribution in [1.82, 2.24) is 15.3 Å². The Bertz CT molecular complexity index is 1060. The number of imidazole rings is 1. The number of aromatic amines is 1.